The van der Waals surface area contributed by atoms with E-state index in [2.05, 4.69) is 77.9 Å². The van der Waals surface area contributed by atoms with Gasteiger partial charge in [-0.25, -0.2) is 0 Å². The predicted octanol–water partition coefficient (Wildman–Crippen LogP) is 5.31. The van der Waals surface area contributed by atoms with Crippen molar-refractivity contribution in [2.45, 2.75) is 52.6 Å². The van der Waals surface area contributed by atoms with E-state index in [0.717, 1.165) is 5.75 Å². The summed E-state index contributed by atoms with van der Waals surface area (Å²) in [6, 6.07) is 12.9. The third-order valence-electron chi connectivity index (χ3n) is 3.09. The van der Waals surface area contributed by atoms with Crippen molar-refractivity contribution in [2.24, 2.45) is 0 Å². The predicted molar refractivity (Wildman–Crippen MR) is 83.0 cm³/mol. The van der Waals surface area contributed by atoms with Crippen molar-refractivity contribution in [3.8, 4) is 5.75 Å². The molecule has 0 aliphatic carbocycles. The second kappa shape index (κ2) is 4.56. The third kappa shape index (κ3) is 3.28. The minimum Gasteiger partial charge on any atom is -0.488 e. The van der Waals surface area contributed by atoms with Crippen LogP contribution in [-0.4, -0.2) is 5.60 Å². The average Bonchev–Trinajstić information content (AvgIpc) is 2.24. The van der Waals surface area contributed by atoms with E-state index in [0.29, 0.717) is 0 Å². The topological polar surface area (TPSA) is 9.23 Å². The van der Waals surface area contributed by atoms with Crippen LogP contribution in [0.4, 0.5) is 0 Å². The Labute approximate surface area is 116 Å². The van der Waals surface area contributed by atoms with Gasteiger partial charge in [0.05, 0.1) is 0 Å². The molecule has 19 heavy (non-hydrogen) atoms. The summed E-state index contributed by atoms with van der Waals surface area (Å²) in [5.74, 6) is 0.941. The van der Waals surface area contributed by atoms with Crippen molar-refractivity contribution < 1.29 is 4.74 Å². The fourth-order valence-electron chi connectivity index (χ4n) is 2.32. The van der Waals surface area contributed by atoms with E-state index in [-0.39, 0.29) is 11.0 Å². The molecule has 0 unspecified atom stereocenters. The lowest BCUT2D eigenvalue weighted by atomic mass is 9.84. The fourth-order valence-corrected chi connectivity index (χ4v) is 2.32. The number of rotatable bonds is 1. The summed E-state index contributed by atoms with van der Waals surface area (Å²) in [6.45, 7) is 13.0. The molecular weight excluding hydrogens is 232 g/mol. The first-order chi connectivity index (χ1) is 8.67. The van der Waals surface area contributed by atoms with Crippen LogP contribution in [0.2, 0.25) is 0 Å². The minimum absolute atomic E-state index is 0.139. The van der Waals surface area contributed by atoms with Gasteiger partial charge < -0.3 is 4.74 Å². The second-order valence-corrected chi connectivity index (χ2v) is 7.15. The highest BCUT2D eigenvalue weighted by atomic mass is 16.5. The van der Waals surface area contributed by atoms with Crippen molar-refractivity contribution in [1.29, 1.82) is 0 Å². The van der Waals surface area contributed by atoms with Gasteiger partial charge in [0.2, 0.25) is 0 Å². The Morgan fingerprint density at radius 3 is 2.11 bits per heavy atom. The molecule has 102 valence electrons. The van der Waals surface area contributed by atoms with Gasteiger partial charge in [-0.05, 0) is 54.7 Å². The Kier molecular flexibility index (Phi) is 3.34. The Balaban J connectivity index is 2.57. The second-order valence-electron chi connectivity index (χ2n) is 7.15. The largest absolute Gasteiger partial charge is 0.488 e. The fraction of sp³-hybridized carbons (Fsp3) is 0.444. The number of ether oxygens (including phenoxy) is 1. The van der Waals surface area contributed by atoms with Crippen LogP contribution >= 0.6 is 0 Å². The smallest absolute Gasteiger partial charge is 0.120 e. The van der Waals surface area contributed by atoms with Crippen LogP contribution in [0.25, 0.3) is 10.8 Å². The first kappa shape index (κ1) is 13.9. The number of benzene rings is 2. The SMILES string of the molecule is CC(C)(C)Oc1ccc2cccc(C(C)(C)C)c2c1. The summed E-state index contributed by atoms with van der Waals surface area (Å²) in [7, 11) is 0. The molecule has 0 aliphatic heterocycles. The Morgan fingerprint density at radius 1 is 0.842 bits per heavy atom. The normalized spacial score (nSPS) is 12.7. The Hall–Kier alpha value is -1.50. The van der Waals surface area contributed by atoms with E-state index in [1.807, 2.05) is 0 Å². The molecule has 0 amide bonds. The van der Waals surface area contributed by atoms with Gasteiger partial charge in [0, 0.05) is 0 Å². The highest BCUT2D eigenvalue weighted by Gasteiger charge is 2.18. The number of hydrogen-bond donors (Lipinski definition) is 0. The summed E-state index contributed by atoms with van der Waals surface area (Å²) in [5.41, 5.74) is 1.34. The van der Waals surface area contributed by atoms with Gasteiger partial charge in [-0.15, -0.1) is 0 Å². The highest BCUT2D eigenvalue weighted by Crippen LogP contribution is 2.32. The number of fused-ring (bicyclic) bond motifs is 1. The maximum Gasteiger partial charge on any atom is 0.120 e. The summed E-state index contributed by atoms with van der Waals surface area (Å²) >= 11 is 0. The van der Waals surface area contributed by atoms with Crippen LogP contribution in [0.3, 0.4) is 0 Å². The van der Waals surface area contributed by atoms with E-state index in [1.54, 1.807) is 0 Å². The lowest BCUT2D eigenvalue weighted by Crippen LogP contribution is -2.22. The quantitative estimate of drug-likeness (QED) is 0.671. The third-order valence-corrected chi connectivity index (χ3v) is 3.09. The zero-order valence-corrected chi connectivity index (χ0v) is 12.9. The zero-order valence-electron chi connectivity index (χ0n) is 12.9. The molecule has 0 aromatic heterocycles. The molecule has 0 saturated carbocycles. The average molecular weight is 256 g/mol. The van der Waals surface area contributed by atoms with Crippen LogP contribution in [0, 0.1) is 0 Å². The van der Waals surface area contributed by atoms with Gasteiger partial charge in [-0.1, -0.05) is 45.0 Å². The number of hydrogen-bond acceptors (Lipinski definition) is 1. The van der Waals surface area contributed by atoms with Gasteiger partial charge in [0.1, 0.15) is 11.4 Å². The highest BCUT2D eigenvalue weighted by molar-refractivity contribution is 5.87. The van der Waals surface area contributed by atoms with Crippen molar-refractivity contribution in [1.82, 2.24) is 0 Å². The molecule has 2 rings (SSSR count). The molecule has 0 N–H and O–H groups in total. The van der Waals surface area contributed by atoms with E-state index in [9.17, 15) is 0 Å². The van der Waals surface area contributed by atoms with Crippen LogP contribution in [-0.2, 0) is 5.41 Å². The van der Waals surface area contributed by atoms with Crippen molar-refractivity contribution in [3.05, 3.63) is 42.0 Å². The maximum absolute atomic E-state index is 5.98. The lowest BCUT2D eigenvalue weighted by Gasteiger charge is -2.24. The van der Waals surface area contributed by atoms with Crippen molar-refractivity contribution >= 4 is 10.8 Å². The molecule has 0 aliphatic rings. The molecule has 1 nitrogen and oxygen atoms in total. The van der Waals surface area contributed by atoms with E-state index in [4.69, 9.17) is 4.74 Å². The van der Waals surface area contributed by atoms with Gasteiger partial charge in [-0.2, -0.15) is 0 Å². The molecule has 1 heteroatoms. The summed E-state index contributed by atoms with van der Waals surface area (Å²) in [6.07, 6.45) is 0. The summed E-state index contributed by atoms with van der Waals surface area (Å²) in [5, 5.41) is 2.56. The van der Waals surface area contributed by atoms with Gasteiger partial charge >= 0.3 is 0 Å². The van der Waals surface area contributed by atoms with Crippen LogP contribution < -0.4 is 4.74 Å². The summed E-state index contributed by atoms with van der Waals surface area (Å²) < 4.78 is 5.98. The molecule has 0 bridgehead atoms. The molecule has 2 aromatic carbocycles. The standard InChI is InChI=1S/C18H24O/c1-17(2,3)16-9-7-8-13-10-11-14(12-15(13)16)19-18(4,5)6/h7-12H,1-6H3. The maximum atomic E-state index is 5.98. The van der Waals surface area contributed by atoms with E-state index >= 15 is 0 Å². The van der Waals surface area contributed by atoms with E-state index < -0.39 is 0 Å². The molecule has 2 aromatic rings. The molecule has 0 fully saturated rings. The van der Waals surface area contributed by atoms with Gasteiger partial charge in [0.15, 0.2) is 0 Å². The Bertz CT molecular complexity index is 583. The molecule has 0 radical (unpaired) electrons. The lowest BCUT2D eigenvalue weighted by molar-refractivity contribution is 0.131. The monoisotopic (exact) mass is 256 g/mol. The molecule has 0 heterocycles. The first-order valence-electron chi connectivity index (χ1n) is 6.89. The van der Waals surface area contributed by atoms with Crippen LogP contribution in [0.1, 0.15) is 47.1 Å². The summed E-state index contributed by atoms with van der Waals surface area (Å²) in [4.78, 5) is 0. The van der Waals surface area contributed by atoms with Crippen molar-refractivity contribution in [3.63, 3.8) is 0 Å². The molecule has 0 saturated heterocycles. The Morgan fingerprint density at radius 2 is 1.53 bits per heavy atom. The minimum atomic E-state index is -0.162. The molecular formula is C18H24O. The first-order valence-corrected chi connectivity index (χ1v) is 6.89. The zero-order chi connectivity index (χ0) is 14.3. The molecule has 0 spiro atoms. The van der Waals surface area contributed by atoms with E-state index in [1.165, 1.54) is 16.3 Å². The molecule has 0 atom stereocenters. The van der Waals surface area contributed by atoms with Gasteiger partial charge in [-0.3, -0.25) is 0 Å². The van der Waals surface area contributed by atoms with Crippen molar-refractivity contribution in [2.75, 3.05) is 0 Å². The van der Waals surface area contributed by atoms with Crippen LogP contribution in [0.5, 0.6) is 5.75 Å². The van der Waals surface area contributed by atoms with Gasteiger partial charge in [0.25, 0.3) is 0 Å². The van der Waals surface area contributed by atoms with Crippen LogP contribution in [0.15, 0.2) is 36.4 Å².